The molecule has 3 amide bonds. The summed E-state index contributed by atoms with van der Waals surface area (Å²) in [5.74, 6) is 0.425. The first-order valence-electron chi connectivity index (χ1n) is 7.45. The van der Waals surface area contributed by atoms with Crippen LogP contribution in [0.1, 0.15) is 12.5 Å². The molecule has 1 aromatic rings. The molecular weight excluding hydrogens is 318 g/mol. The number of rotatable bonds is 6. The number of nitrogens with one attached hydrogen (secondary N) is 3. The van der Waals surface area contributed by atoms with Gasteiger partial charge in [-0.2, -0.15) is 0 Å². The van der Waals surface area contributed by atoms with Crippen molar-refractivity contribution in [1.29, 1.82) is 0 Å². The lowest BCUT2D eigenvalue weighted by Crippen LogP contribution is -2.43. The van der Waals surface area contributed by atoms with E-state index in [0.717, 1.165) is 12.1 Å². The minimum absolute atomic E-state index is 0.0730. The van der Waals surface area contributed by atoms with Crippen LogP contribution in [0.2, 0.25) is 5.02 Å². The summed E-state index contributed by atoms with van der Waals surface area (Å²) < 4.78 is 0. The van der Waals surface area contributed by atoms with E-state index in [1.165, 1.54) is 4.90 Å². The van der Waals surface area contributed by atoms with Crippen molar-refractivity contribution in [3.05, 3.63) is 34.9 Å². The van der Waals surface area contributed by atoms with Gasteiger partial charge in [-0.3, -0.25) is 9.69 Å². The van der Waals surface area contributed by atoms with E-state index in [4.69, 9.17) is 11.6 Å². The number of hydrogen-bond donors (Lipinski definition) is 3. The average molecular weight is 338 g/mol. The smallest absolute Gasteiger partial charge is 0.324 e. The second-order valence-electron chi connectivity index (χ2n) is 4.95. The van der Waals surface area contributed by atoms with Crippen LogP contribution in [-0.4, -0.2) is 49.0 Å². The van der Waals surface area contributed by atoms with Crippen LogP contribution in [0.15, 0.2) is 29.3 Å². The van der Waals surface area contributed by atoms with Gasteiger partial charge in [-0.05, 0) is 24.6 Å². The van der Waals surface area contributed by atoms with Crippen LogP contribution >= 0.6 is 11.6 Å². The summed E-state index contributed by atoms with van der Waals surface area (Å²) in [6.07, 6.45) is 0. The predicted molar refractivity (Wildman–Crippen MR) is 89.4 cm³/mol. The molecule has 3 N–H and O–H groups in total. The highest BCUT2D eigenvalue weighted by Gasteiger charge is 2.27. The molecule has 8 heteroatoms. The van der Waals surface area contributed by atoms with Crippen molar-refractivity contribution < 1.29 is 9.59 Å². The highest BCUT2D eigenvalue weighted by molar-refractivity contribution is 6.30. The zero-order valence-electron chi connectivity index (χ0n) is 12.9. The number of aliphatic imine (C=N–C) groups is 1. The molecule has 0 radical (unpaired) electrons. The summed E-state index contributed by atoms with van der Waals surface area (Å²) >= 11 is 5.85. The summed E-state index contributed by atoms with van der Waals surface area (Å²) in [5, 5.41) is 9.41. The maximum atomic E-state index is 11.5. The highest BCUT2D eigenvalue weighted by Crippen LogP contribution is 2.10. The number of urea groups is 1. The molecule has 0 atom stereocenters. The van der Waals surface area contributed by atoms with Gasteiger partial charge in [0.05, 0.1) is 13.1 Å². The number of hydrogen-bond acceptors (Lipinski definition) is 3. The molecule has 1 saturated heterocycles. The Kier molecular flexibility index (Phi) is 6.22. The molecule has 0 aromatic heterocycles. The third-order valence-electron chi connectivity index (χ3n) is 3.24. The molecule has 0 spiro atoms. The molecule has 1 fully saturated rings. The van der Waals surface area contributed by atoms with Gasteiger partial charge in [0.2, 0.25) is 5.91 Å². The fourth-order valence-corrected chi connectivity index (χ4v) is 2.20. The lowest BCUT2D eigenvalue weighted by atomic mass is 10.2. The van der Waals surface area contributed by atoms with Crippen molar-refractivity contribution in [2.45, 2.75) is 13.5 Å². The Bertz CT molecular complexity index is 572. The molecule has 0 aliphatic carbocycles. The number of halogens is 1. The quantitative estimate of drug-likeness (QED) is 0.410. The Labute approximate surface area is 140 Å². The summed E-state index contributed by atoms with van der Waals surface area (Å²) in [5.41, 5.74) is 1.04. The molecular formula is C15H20ClN5O2. The van der Waals surface area contributed by atoms with E-state index < -0.39 is 0 Å². The number of guanidine groups is 1. The maximum absolute atomic E-state index is 11.5. The van der Waals surface area contributed by atoms with E-state index in [-0.39, 0.29) is 18.5 Å². The van der Waals surface area contributed by atoms with E-state index in [1.807, 2.05) is 31.2 Å². The molecule has 0 bridgehead atoms. The largest absolute Gasteiger partial charge is 0.357 e. The topological polar surface area (TPSA) is 85.8 Å². The number of benzene rings is 1. The number of amides is 3. The third kappa shape index (κ3) is 5.14. The molecule has 2 rings (SSSR count). The number of carbonyl (C=O) groups excluding carboxylic acids is 2. The Hall–Kier alpha value is -2.28. The fraction of sp³-hybridized carbons (Fsp3) is 0.400. The standard InChI is InChI=1S/C15H20ClN5O2/c1-2-17-14(19-9-11-3-5-12(16)6-4-11)18-7-8-21-13(22)10-20-15(21)23/h3-6H,2,7-10H2,1H3,(H,20,23)(H2,17,18,19). The number of imide groups is 1. The molecule has 23 heavy (non-hydrogen) atoms. The van der Waals surface area contributed by atoms with Gasteiger partial charge in [0.1, 0.15) is 0 Å². The first-order valence-corrected chi connectivity index (χ1v) is 7.82. The normalized spacial score (nSPS) is 14.9. The van der Waals surface area contributed by atoms with Crippen LogP contribution in [0.25, 0.3) is 0 Å². The van der Waals surface area contributed by atoms with Crippen LogP contribution < -0.4 is 16.0 Å². The van der Waals surface area contributed by atoms with E-state index in [0.29, 0.717) is 30.6 Å². The molecule has 1 aliphatic rings. The molecule has 0 saturated carbocycles. The van der Waals surface area contributed by atoms with Gasteiger partial charge >= 0.3 is 6.03 Å². The SMILES string of the molecule is CCNC(=NCc1ccc(Cl)cc1)NCCN1C(=O)CNC1=O. The van der Waals surface area contributed by atoms with Gasteiger partial charge in [0.15, 0.2) is 5.96 Å². The maximum Gasteiger partial charge on any atom is 0.324 e. The Morgan fingerprint density at radius 2 is 2.04 bits per heavy atom. The predicted octanol–water partition coefficient (Wildman–Crippen LogP) is 0.947. The van der Waals surface area contributed by atoms with Gasteiger partial charge in [-0.1, -0.05) is 23.7 Å². The molecule has 1 aromatic carbocycles. The number of carbonyl (C=O) groups is 2. The lowest BCUT2D eigenvalue weighted by molar-refractivity contribution is -0.124. The monoisotopic (exact) mass is 337 g/mol. The van der Waals surface area contributed by atoms with Crippen LogP contribution in [0.4, 0.5) is 4.79 Å². The van der Waals surface area contributed by atoms with Crippen LogP contribution in [0.3, 0.4) is 0 Å². The number of nitrogens with zero attached hydrogens (tertiary/aromatic N) is 2. The van der Waals surface area contributed by atoms with Gasteiger partial charge in [0.25, 0.3) is 0 Å². The Morgan fingerprint density at radius 3 is 2.65 bits per heavy atom. The van der Waals surface area contributed by atoms with Crippen molar-refractivity contribution in [1.82, 2.24) is 20.9 Å². The second-order valence-corrected chi connectivity index (χ2v) is 5.39. The first-order chi connectivity index (χ1) is 11.1. The zero-order chi connectivity index (χ0) is 16.7. The van der Waals surface area contributed by atoms with Crippen LogP contribution in [0, 0.1) is 0 Å². The molecule has 124 valence electrons. The Morgan fingerprint density at radius 1 is 1.30 bits per heavy atom. The van der Waals surface area contributed by atoms with E-state index in [9.17, 15) is 9.59 Å². The summed E-state index contributed by atoms with van der Waals surface area (Å²) in [4.78, 5) is 28.6. The van der Waals surface area contributed by atoms with E-state index >= 15 is 0 Å². The third-order valence-corrected chi connectivity index (χ3v) is 3.49. The van der Waals surface area contributed by atoms with Crippen molar-refractivity contribution in [2.24, 2.45) is 4.99 Å². The minimum atomic E-state index is -0.347. The fourth-order valence-electron chi connectivity index (χ4n) is 2.07. The first kappa shape index (κ1) is 17.1. The van der Waals surface area contributed by atoms with Gasteiger partial charge in [-0.25, -0.2) is 9.79 Å². The second kappa shape index (κ2) is 8.38. The van der Waals surface area contributed by atoms with Crippen LogP contribution in [0.5, 0.6) is 0 Å². The van der Waals surface area contributed by atoms with Crippen molar-refractivity contribution in [2.75, 3.05) is 26.2 Å². The average Bonchev–Trinajstić information content (AvgIpc) is 2.86. The van der Waals surface area contributed by atoms with Gasteiger partial charge in [-0.15, -0.1) is 0 Å². The molecule has 7 nitrogen and oxygen atoms in total. The molecule has 1 aliphatic heterocycles. The van der Waals surface area contributed by atoms with E-state index in [1.54, 1.807) is 0 Å². The van der Waals surface area contributed by atoms with E-state index in [2.05, 4.69) is 20.9 Å². The highest BCUT2D eigenvalue weighted by atomic mass is 35.5. The van der Waals surface area contributed by atoms with Gasteiger partial charge < -0.3 is 16.0 Å². The summed E-state index contributed by atoms with van der Waals surface area (Å²) in [6.45, 7) is 4.01. The van der Waals surface area contributed by atoms with Gasteiger partial charge in [0, 0.05) is 24.7 Å². The molecule has 0 unspecified atom stereocenters. The van der Waals surface area contributed by atoms with Crippen molar-refractivity contribution in [3.63, 3.8) is 0 Å². The van der Waals surface area contributed by atoms with Crippen molar-refractivity contribution >= 4 is 29.5 Å². The lowest BCUT2D eigenvalue weighted by Gasteiger charge is -2.15. The summed E-state index contributed by atoms with van der Waals surface area (Å²) in [7, 11) is 0. The zero-order valence-corrected chi connectivity index (χ0v) is 13.7. The minimum Gasteiger partial charge on any atom is -0.357 e. The summed E-state index contributed by atoms with van der Waals surface area (Å²) in [6, 6.07) is 7.14. The van der Waals surface area contributed by atoms with Crippen molar-refractivity contribution in [3.8, 4) is 0 Å². The Balaban J connectivity index is 1.85. The molecule has 1 heterocycles. The van der Waals surface area contributed by atoms with Crippen LogP contribution in [-0.2, 0) is 11.3 Å².